The molecule has 0 amide bonds. The number of carbonyl (C=O) groups is 1. The van der Waals surface area contributed by atoms with E-state index in [0.29, 0.717) is 0 Å². The van der Waals surface area contributed by atoms with Crippen LogP contribution < -0.4 is 0 Å². The predicted molar refractivity (Wildman–Crippen MR) is 106 cm³/mol. The molecule has 0 N–H and O–H groups in total. The van der Waals surface area contributed by atoms with Crippen LogP contribution >= 0.6 is 15.9 Å². The lowest BCUT2D eigenvalue weighted by Crippen LogP contribution is -1.97. The molecule has 0 atom stereocenters. The van der Waals surface area contributed by atoms with Crippen LogP contribution in [0, 0.1) is 0 Å². The number of halogens is 1. The molecule has 0 spiro atoms. The number of rotatable bonds is 8. The largest absolute Gasteiger partial charge is 0.340 e. The quantitative estimate of drug-likeness (QED) is 0.311. The number of hydrogen-bond donors (Lipinski definition) is 0. The molecule has 3 rings (SSSR count). The second-order valence-corrected chi connectivity index (χ2v) is 7.39. The van der Waals surface area contributed by atoms with Crippen molar-refractivity contribution in [2.45, 2.75) is 52.0 Å². The van der Waals surface area contributed by atoms with E-state index in [4.69, 9.17) is 0 Å². The summed E-state index contributed by atoms with van der Waals surface area (Å²) in [5.41, 5.74) is 3.22. The highest BCUT2D eigenvalue weighted by atomic mass is 79.9. The zero-order valence-corrected chi connectivity index (χ0v) is 15.8. The Bertz CT molecular complexity index is 850. The minimum atomic E-state index is 0.737. The van der Waals surface area contributed by atoms with Gasteiger partial charge in [0.25, 0.3) is 0 Å². The molecule has 0 fully saturated rings. The molecule has 2 aromatic carbocycles. The van der Waals surface area contributed by atoms with Crippen LogP contribution in [0.2, 0.25) is 0 Å². The molecule has 0 aliphatic carbocycles. The fourth-order valence-corrected chi connectivity index (χ4v) is 3.82. The Morgan fingerprint density at radius 3 is 2.33 bits per heavy atom. The van der Waals surface area contributed by atoms with Crippen LogP contribution in [-0.4, -0.2) is 10.9 Å². The number of carbonyl (C=O) groups excluding carboxylic acids is 1. The third-order valence-electron chi connectivity index (χ3n) is 4.72. The monoisotopic (exact) mass is 385 g/mol. The molecule has 126 valence electrons. The Labute approximate surface area is 152 Å². The summed E-state index contributed by atoms with van der Waals surface area (Å²) in [7, 11) is 0. The number of aryl methyl sites for hydroxylation is 1. The highest BCUT2D eigenvalue weighted by Gasteiger charge is 2.11. The highest BCUT2D eigenvalue weighted by molar-refractivity contribution is 9.10. The van der Waals surface area contributed by atoms with E-state index in [9.17, 15) is 4.79 Å². The number of benzene rings is 2. The SMILES string of the molecule is CCCCCCCCn1c2ccc(Br)cc2c2cc(C=O)ccc21. The molecule has 0 aliphatic heterocycles. The Hall–Kier alpha value is -1.61. The molecule has 0 radical (unpaired) electrons. The molecule has 0 saturated carbocycles. The van der Waals surface area contributed by atoms with Crippen molar-refractivity contribution in [1.82, 2.24) is 4.57 Å². The van der Waals surface area contributed by atoms with Gasteiger partial charge in [0, 0.05) is 38.4 Å². The normalized spacial score (nSPS) is 11.4. The smallest absolute Gasteiger partial charge is 0.150 e. The van der Waals surface area contributed by atoms with E-state index >= 15 is 0 Å². The third-order valence-corrected chi connectivity index (χ3v) is 5.22. The van der Waals surface area contributed by atoms with Gasteiger partial charge in [0.1, 0.15) is 6.29 Å². The molecular weight excluding hydrogens is 362 g/mol. The van der Waals surface area contributed by atoms with Gasteiger partial charge in [-0.05, 0) is 42.8 Å². The zero-order valence-electron chi connectivity index (χ0n) is 14.2. The van der Waals surface area contributed by atoms with E-state index < -0.39 is 0 Å². The lowest BCUT2D eigenvalue weighted by Gasteiger charge is -2.08. The fraction of sp³-hybridized carbons (Fsp3) is 0.381. The van der Waals surface area contributed by atoms with Crippen LogP contribution in [0.25, 0.3) is 21.8 Å². The molecule has 0 aliphatic rings. The Kier molecular flexibility index (Phi) is 5.72. The molecule has 3 aromatic rings. The molecule has 1 aromatic heterocycles. The summed E-state index contributed by atoms with van der Waals surface area (Å²) in [6, 6.07) is 12.4. The number of aromatic nitrogens is 1. The first kappa shape index (κ1) is 17.2. The van der Waals surface area contributed by atoms with Gasteiger partial charge < -0.3 is 4.57 Å². The van der Waals surface area contributed by atoms with Gasteiger partial charge in [0.15, 0.2) is 0 Å². The van der Waals surface area contributed by atoms with Crippen molar-refractivity contribution in [1.29, 1.82) is 0 Å². The number of aldehydes is 1. The second-order valence-electron chi connectivity index (χ2n) is 6.48. The summed E-state index contributed by atoms with van der Waals surface area (Å²) in [6.45, 7) is 3.29. The minimum Gasteiger partial charge on any atom is -0.340 e. The van der Waals surface area contributed by atoms with E-state index in [1.165, 1.54) is 60.3 Å². The summed E-state index contributed by atoms with van der Waals surface area (Å²) >= 11 is 3.57. The van der Waals surface area contributed by atoms with Gasteiger partial charge in [0.2, 0.25) is 0 Å². The predicted octanol–water partition coefficient (Wildman–Crippen LogP) is 6.73. The zero-order chi connectivity index (χ0) is 16.9. The highest BCUT2D eigenvalue weighted by Crippen LogP contribution is 2.32. The summed E-state index contributed by atoms with van der Waals surface area (Å²) in [4.78, 5) is 11.1. The molecule has 24 heavy (non-hydrogen) atoms. The summed E-state index contributed by atoms with van der Waals surface area (Å²) in [6.07, 6.45) is 8.72. The number of fused-ring (bicyclic) bond motifs is 3. The number of unbranched alkanes of at least 4 members (excludes halogenated alkanes) is 5. The number of hydrogen-bond acceptors (Lipinski definition) is 1. The lowest BCUT2D eigenvalue weighted by atomic mass is 10.1. The summed E-state index contributed by atoms with van der Waals surface area (Å²) in [5.74, 6) is 0. The molecule has 0 saturated heterocycles. The summed E-state index contributed by atoms with van der Waals surface area (Å²) in [5, 5.41) is 2.39. The van der Waals surface area contributed by atoms with Crippen molar-refractivity contribution in [2.75, 3.05) is 0 Å². The van der Waals surface area contributed by atoms with Gasteiger partial charge in [-0.3, -0.25) is 4.79 Å². The second kappa shape index (κ2) is 7.98. The maximum Gasteiger partial charge on any atom is 0.150 e. The standard InChI is InChI=1S/C21H24BrNO/c1-2-3-4-5-6-7-12-23-20-10-8-16(15-24)13-18(20)19-14-17(22)9-11-21(19)23/h8-11,13-15H,2-7,12H2,1H3. The molecule has 0 unspecified atom stereocenters. The van der Waals surface area contributed by atoms with Gasteiger partial charge in [0.05, 0.1) is 0 Å². The molecular formula is C21H24BrNO. The van der Waals surface area contributed by atoms with Gasteiger partial charge in [-0.2, -0.15) is 0 Å². The average Bonchev–Trinajstić information content (AvgIpc) is 2.90. The van der Waals surface area contributed by atoms with Crippen LogP contribution in [0.4, 0.5) is 0 Å². The van der Waals surface area contributed by atoms with E-state index in [1.807, 2.05) is 12.1 Å². The van der Waals surface area contributed by atoms with E-state index in [2.05, 4.69) is 51.7 Å². The van der Waals surface area contributed by atoms with Crippen molar-refractivity contribution < 1.29 is 4.79 Å². The van der Waals surface area contributed by atoms with Crippen LogP contribution in [0.1, 0.15) is 55.8 Å². The first-order valence-corrected chi connectivity index (χ1v) is 9.70. The molecule has 0 bridgehead atoms. The number of nitrogens with zero attached hydrogens (tertiary/aromatic N) is 1. The van der Waals surface area contributed by atoms with Gasteiger partial charge in [-0.1, -0.05) is 55.0 Å². The van der Waals surface area contributed by atoms with Crippen molar-refractivity contribution >= 4 is 44.0 Å². The first-order chi connectivity index (χ1) is 11.7. The Balaban J connectivity index is 1.91. The maximum atomic E-state index is 11.1. The summed E-state index contributed by atoms with van der Waals surface area (Å²) < 4.78 is 3.48. The van der Waals surface area contributed by atoms with Crippen LogP contribution in [-0.2, 0) is 6.54 Å². The van der Waals surface area contributed by atoms with Crippen molar-refractivity contribution in [3.05, 3.63) is 46.4 Å². The molecule has 3 heteroatoms. The first-order valence-electron chi connectivity index (χ1n) is 8.91. The van der Waals surface area contributed by atoms with Crippen LogP contribution in [0.15, 0.2) is 40.9 Å². The van der Waals surface area contributed by atoms with Gasteiger partial charge >= 0.3 is 0 Å². The van der Waals surface area contributed by atoms with Crippen molar-refractivity contribution in [3.63, 3.8) is 0 Å². The Morgan fingerprint density at radius 2 is 1.58 bits per heavy atom. The van der Waals surface area contributed by atoms with E-state index in [0.717, 1.165) is 22.9 Å². The lowest BCUT2D eigenvalue weighted by molar-refractivity contribution is 0.112. The Morgan fingerprint density at radius 1 is 0.917 bits per heavy atom. The minimum absolute atomic E-state index is 0.737. The molecule has 2 nitrogen and oxygen atoms in total. The maximum absolute atomic E-state index is 11.1. The van der Waals surface area contributed by atoms with Crippen LogP contribution in [0.5, 0.6) is 0 Å². The van der Waals surface area contributed by atoms with E-state index in [1.54, 1.807) is 0 Å². The molecule has 1 heterocycles. The van der Waals surface area contributed by atoms with Gasteiger partial charge in [-0.15, -0.1) is 0 Å². The topological polar surface area (TPSA) is 22.0 Å². The van der Waals surface area contributed by atoms with Gasteiger partial charge in [-0.25, -0.2) is 0 Å². The van der Waals surface area contributed by atoms with Crippen molar-refractivity contribution in [3.8, 4) is 0 Å². The fourth-order valence-electron chi connectivity index (χ4n) is 3.46. The van der Waals surface area contributed by atoms with E-state index in [-0.39, 0.29) is 0 Å². The average molecular weight is 386 g/mol. The van der Waals surface area contributed by atoms with Crippen molar-refractivity contribution in [2.24, 2.45) is 0 Å². The third kappa shape index (κ3) is 3.56. The van der Waals surface area contributed by atoms with Crippen LogP contribution in [0.3, 0.4) is 0 Å².